The molecule has 0 heterocycles. The summed E-state index contributed by atoms with van der Waals surface area (Å²) in [7, 11) is 0. The van der Waals surface area contributed by atoms with E-state index in [9.17, 15) is 0 Å². The summed E-state index contributed by atoms with van der Waals surface area (Å²) in [6.07, 6.45) is 9.21. The van der Waals surface area contributed by atoms with E-state index in [1.807, 2.05) is 0 Å². The minimum atomic E-state index is 0.724. The van der Waals surface area contributed by atoms with Gasteiger partial charge >= 0.3 is 0 Å². The second kappa shape index (κ2) is 5.09. The van der Waals surface area contributed by atoms with Crippen LogP contribution in [-0.4, -0.2) is 0 Å². The quantitative estimate of drug-likeness (QED) is 0.427. The van der Waals surface area contributed by atoms with E-state index in [1.54, 1.807) is 22.3 Å². The van der Waals surface area contributed by atoms with Crippen molar-refractivity contribution in [1.82, 2.24) is 0 Å². The largest absolute Gasteiger partial charge is 0.0584 e. The van der Waals surface area contributed by atoms with Gasteiger partial charge in [0, 0.05) is 0 Å². The van der Waals surface area contributed by atoms with Crippen molar-refractivity contribution in [3.8, 4) is 0 Å². The highest BCUT2D eigenvalue weighted by atomic mass is 14.2. The van der Waals surface area contributed by atoms with E-state index < -0.39 is 0 Å². The average molecular weight is 300 g/mol. The molecule has 2 aliphatic rings. The summed E-state index contributed by atoms with van der Waals surface area (Å²) in [4.78, 5) is 0. The fourth-order valence-electron chi connectivity index (χ4n) is 4.79. The summed E-state index contributed by atoms with van der Waals surface area (Å²) in [5, 5.41) is 5.73. The third-order valence-corrected chi connectivity index (χ3v) is 6.13. The SMILES string of the molecule is CC1CCCc2cc3cc4cc5c(cc4cc3cc21)CCCC5. The molecule has 23 heavy (non-hydrogen) atoms. The number of fused-ring (bicyclic) bond motifs is 4. The van der Waals surface area contributed by atoms with Crippen LogP contribution in [0.25, 0.3) is 21.5 Å². The van der Waals surface area contributed by atoms with Crippen LogP contribution in [0.3, 0.4) is 0 Å². The Morgan fingerprint density at radius 2 is 1.13 bits per heavy atom. The Kier molecular flexibility index (Phi) is 3.01. The first-order chi connectivity index (χ1) is 11.3. The highest BCUT2D eigenvalue weighted by Gasteiger charge is 2.17. The zero-order valence-corrected chi connectivity index (χ0v) is 14.0. The van der Waals surface area contributed by atoms with Gasteiger partial charge in [-0.3, -0.25) is 0 Å². The summed E-state index contributed by atoms with van der Waals surface area (Å²) in [6, 6.07) is 14.7. The van der Waals surface area contributed by atoms with Crippen molar-refractivity contribution in [3.05, 3.63) is 58.7 Å². The molecular formula is C23H24. The lowest BCUT2D eigenvalue weighted by atomic mass is 9.82. The molecule has 3 aromatic carbocycles. The predicted molar refractivity (Wildman–Crippen MR) is 99.4 cm³/mol. The highest BCUT2D eigenvalue weighted by molar-refractivity contribution is 5.99. The van der Waals surface area contributed by atoms with E-state index in [1.165, 1.54) is 66.5 Å². The smallest absolute Gasteiger partial charge is 0.0175 e. The molecule has 0 aromatic heterocycles. The third kappa shape index (κ3) is 2.19. The Morgan fingerprint density at radius 1 is 0.609 bits per heavy atom. The molecule has 0 N–H and O–H groups in total. The van der Waals surface area contributed by atoms with Crippen LogP contribution < -0.4 is 0 Å². The molecule has 0 saturated heterocycles. The van der Waals surface area contributed by atoms with Crippen LogP contribution >= 0.6 is 0 Å². The molecule has 0 nitrogen and oxygen atoms in total. The summed E-state index contributed by atoms with van der Waals surface area (Å²) in [6.45, 7) is 2.39. The van der Waals surface area contributed by atoms with Crippen LogP contribution in [0.15, 0.2) is 36.4 Å². The molecule has 0 saturated carbocycles. The average Bonchev–Trinajstić information content (AvgIpc) is 2.57. The number of rotatable bonds is 0. The van der Waals surface area contributed by atoms with Gasteiger partial charge in [0.2, 0.25) is 0 Å². The topological polar surface area (TPSA) is 0 Å². The highest BCUT2D eigenvalue weighted by Crippen LogP contribution is 2.36. The number of aryl methyl sites for hydroxylation is 3. The van der Waals surface area contributed by atoms with E-state index in [2.05, 4.69) is 43.3 Å². The van der Waals surface area contributed by atoms with Crippen LogP contribution in [0.1, 0.15) is 60.8 Å². The Labute approximate surface area is 138 Å². The maximum absolute atomic E-state index is 2.48. The van der Waals surface area contributed by atoms with Crippen molar-refractivity contribution < 1.29 is 0 Å². The lowest BCUT2D eigenvalue weighted by Crippen LogP contribution is -2.06. The minimum absolute atomic E-state index is 0.724. The first-order valence-electron chi connectivity index (χ1n) is 9.30. The molecule has 0 fully saturated rings. The molecule has 0 heteroatoms. The van der Waals surface area contributed by atoms with E-state index in [0.717, 1.165) is 5.92 Å². The molecule has 116 valence electrons. The second-order valence-corrected chi connectivity index (χ2v) is 7.72. The van der Waals surface area contributed by atoms with Gasteiger partial charge in [-0.25, -0.2) is 0 Å². The van der Waals surface area contributed by atoms with Crippen LogP contribution in [0.5, 0.6) is 0 Å². The van der Waals surface area contributed by atoms with Gasteiger partial charge in [0.15, 0.2) is 0 Å². The standard InChI is InChI=1S/C23H24/c1-15-5-4-8-18-11-21-12-19-9-16-6-2-3-7-17(16)10-20(19)13-22(21)14-23(15)18/h9-15H,2-8H2,1H3. The van der Waals surface area contributed by atoms with E-state index in [0.29, 0.717) is 0 Å². The normalized spacial score (nSPS) is 20.5. The Hall–Kier alpha value is -1.82. The summed E-state index contributed by atoms with van der Waals surface area (Å²) in [5.41, 5.74) is 6.37. The Balaban J connectivity index is 1.76. The van der Waals surface area contributed by atoms with Gasteiger partial charge in [0.25, 0.3) is 0 Å². The zero-order valence-electron chi connectivity index (χ0n) is 14.0. The van der Waals surface area contributed by atoms with Crippen molar-refractivity contribution in [2.45, 2.75) is 57.8 Å². The lowest BCUT2D eigenvalue weighted by Gasteiger charge is -2.23. The molecule has 0 aliphatic heterocycles. The molecule has 2 aliphatic carbocycles. The van der Waals surface area contributed by atoms with Gasteiger partial charge in [0.1, 0.15) is 0 Å². The predicted octanol–water partition coefficient (Wildman–Crippen LogP) is 6.31. The second-order valence-electron chi connectivity index (χ2n) is 7.72. The molecule has 1 unspecified atom stereocenters. The van der Waals surface area contributed by atoms with Crippen LogP contribution in [-0.2, 0) is 19.3 Å². The molecule has 0 bridgehead atoms. The van der Waals surface area contributed by atoms with Crippen molar-refractivity contribution in [3.63, 3.8) is 0 Å². The number of hydrogen-bond donors (Lipinski definition) is 0. The molecule has 0 radical (unpaired) electrons. The van der Waals surface area contributed by atoms with Gasteiger partial charge in [-0.15, -0.1) is 0 Å². The first kappa shape index (κ1) is 13.6. The molecule has 0 amide bonds. The summed E-state index contributed by atoms with van der Waals surface area (Å²) >= 11 is 0. The molecule has 5 rings (SSSR count). The van der Waals surface area contributed by atoms with Gasteiger partial charge in [-0.1, -0.05) is 31.2 Å². The van der Waals surface area contributed by atoms with Crippen LogP contribution in [0, 0.1) is 0 Å². The van der Waals surface area contributed by atoms with Gasteiger partial charge < -0.3 is 0 Å². The number of hydrogen-bond acceptors (Lipinski definition) is 0. The van der Waals surface area contributed by atoms with Gasteiger partial charge in [-0.05, 0) is 107 Å². The summed E-state index contributed by atoms with van der Waals surface area (Å²) in [5.74, 6) is 0.724. The van der Waals surface area contributed by atoms with Crippen molar-refractivity contribution in [1.29, 1.82) is 0 Å². The van der Waals surface area contributed by atoms with Crippen molar-refractivity contribution >= 4 is 21.5 Å². The van der Waals surface area contributed by atoms with Crippen molar-refractivity contribution in [2.24, 2.45) is 0 Å². The number of benzene rings is 3. The molecule has 0 spiro atoms. The Bertz CT molecular complexity index is 916. The fraction of sp³-hybridized carbons (Fsp3) is 0.391. The lowest BCUT2D eigenvalue weighted by molar-refractivity contribution is 0.591. The maximum atomic E-state index is 2.48. The minimum Gasteiger partial charge on any atom is -0.0584 e. The van der Waals surface area contributed by atoms with Crippen LogP contribution in [0.2, 0.25) is 0 Å². The van der Waals surface area contributed by atoms with Crippen molar-refractivity contribution in [2.75, 3.05) is 0 Å². The fourth-order valence-corrected chi connectivity index (χ4v) is 4.79. The van der Waals surface area contributed by atoms with E-state index >= 15 is 0 Å². The van der Waals surface area contributed by atoms with Gasteiger partial charge in [-0.2, -0.15) is 0 Å². The monoisotopic (exact) mass is 300 g/mol. The Morgan fingerprint density at radius 3 is 1.78 bits per heavy atom. The molecule has 3 aromatic rings. The van der Waals surface area contributed by atoms with E-state index in [4.69, 9.17) is 0 Å². The maximum Gasteiger partial charge on any atom is -0.0175 e. The third-order valence-electron chi connectivity index (χ3n) is 6.13. The summed E-state index contributed by atoms with van der Waals surface area (Å²) < 4.78 is 0. The first-order valence-corrected chi connectivity index (χ1v) is 9.30. The molecule has 1 atom stereocenters. The van der Waals surface area contributed by atoms with E-state index in [-0.39, 0.29) is 0 Å². The zero-order chi connectivity index (χ0) is 15.4. The molecular weight excluding hydrogens is 276 g/mol. The van der Waals surface area contributed by atoms with Gasteiger partial charge in [0.05, 0.1) is 0 Å². The van der Waals surface area contributed by atoms with Crippen LogP contribution in [0.4, 0.5) is 0 Å².